The second-order valence-electron chi connectivity index (χ2n) is 3.99. The fraction of sp³-hybridized carbons (Fsp3) is 0.500. The van der Waals surface area contributed by atoms with Gasteiger partial charge in [-0.15, -0.1) is 11.8 Å². The second-order valence-corrected chi connectivity index (χ2v) is 5.56. The Morgan fingerprint density at radius 2 is 2.13 bits per heavy atom. The van der Waals surface area contributed by atoms with Crippen molar-refractivity contribution in [2.24, 2.45) is 11.7 Å². The lowest BCUT2D eigenvalue weighted by Gasteiger charge is -2.09. The van der Waals surface area contributed by atoms with E-state index in [4.69, 9.17) is 17.3 Å². The molecule has 1 rings (SSSR count). The first-order valence-electron chi connectivity index (χ1n) is 5.24. The molecule has 3 heteroatoms. The highest BCUT2D eigenvalue weighted by Crippen LogP contribution is 2.27. The molecular formula is C12H18ClNS. The van der Waals surface area contributed by atoms with Crippen molar-refractivity contribution in [2.45, 2.75) is 31.7 Å². The van der Waals surface area contributed by atoms with Gasteiger partial charge < -0.3 is 5.73 Å². The topological polar surface area (TPSA) is 26.0 Å². The fourth-order valence-electron chi connectivity index (χ4n) is 1.24. The van der Waals surface area contributed by atoms with Crippen LogP contribution in [0.15, 0.2) is 23.1 Å². The third-order valence-corrected chi connectivity index (χ3v) is 3.57. The number of rotatable bonds is 5. The zero-order valence-corrected chi connectivity index (χ0v) is 10.9. The SMILES string of the molecule is CC(C)CCSc1cc(Cl)ccc1CN. The number of nitrogens with two attached hydrogens (primary N) is 1. The quantitative estimate of drug-likeness (QED) is 0.793. The van der Waals surface area contributed by atoms with Crippen LogP contribution in [0.5, 0.6) is 0 Å². The van der Waals surface area contributed by atoms with E-state index in [0.29, 0.717) is 6.54 Å². The maximum atomic E-state index is 5.96. The minimum absolute atomic E-state index is 0.585. The minimum Gasteiger partial charge on any atom is -0.326 e. The van der Waals surface area contributed by atoms with Crippen LogP contribution in [0.1, 0.15) is 25.8 Å². The number of benzene rings is 1. The molecule has 84 valence electrons. The summed E-state index contributed by atoms with van der Waals surface area (Å²) in [7, 11) is 0. The van der Waals surface area contributed by atoms with Gasteiger partial charge in [0.2, 0.25) is 0 Å². The molecule has 0 saturated heterocycles. The Kier molecular flexibility index (Phi) is 5.51. The van der Waals surface area contributed by atoms with Crippen molar-refractivity contribution in [3.05, 3.63) is 28.8 Å². The lowest BCUT2D eigenvalue weighted by molar-refractivity contribution is 0.632. The first kappa shape index (κ1) is 12.9. The number of hydrogen-bond donors (Lipinski definition) is 1. The van der Waals surface area contributed by atoms with Crippen LogP contribution in [-0.2, 0) is 6.54 Å². The Bertz CT molecular complexity index is 312. The molecule has 0 amide bonds. The molecule has 1 aromatic carbocycles. The van der Waals surface area contributed by atoms with E-state index in [-0.39, 0.29) is 0 Å². The van der Waals surface area contributed by atoms with Gasteiger partial charge in [0, 0.05) is 16.5 Å². The molecule has 0 fully saturated rings. The summed E-state index contributed by atoms with van der Waals surface area (Å²) >= 11 is 7.81. The van der Waals surface area contributed by atoms with E-state index in [2.05, 4.69) is 13.8 Å². The fourth-order valence-corrected chi connectivity index (χ4v) is 2.83. The molecule has 0 aliphatic heterocycles. The first-order valence-corrected chi connectivity index (χ1v) is 6.61. The predicted octanol–water partition coefficient (Wildman–Crippen LogP) is 3.94. The van der Waals surface area contributed by atoms with Crippen molar-refractivity contribution >= 4 is 23.4 Å². The van der Waals surface area contributed by atoms with E-state index in [1.165, 1.54) is 16.9 Å². The van der Waals surface area contributed by atoms with Crippen LogP contribution in [0.25, 0.3) is 0 Å². The lowest BCUT2D eigenvalue weighted by Crippen LogP contribution is -1.99. The summed E-state index contributed by atoms with van der Waals surface area (Å²) in [6, 6.07) is 5.92. The minimum atomic E-state index is 0.585. The molecule has 0 aliphatic carbocycles. The van der Waals surface area contributed by atoms with Crippen LogP contribution in [0, 0.1) is 5.92 Å². The van der Waals surface area contributed by atoms with E-state index in [1.54, 1.807) is 0 Å². The summed E-state index contributed by atoms with van der Waals surface area (Å²) in [4.78, 5) is 1.23. The molecule has 2 N–H and O–H groups in total. The standard InChI is InChI=1S/C12H18ClNS/c1-9(2)5-6-15-12-7-11(13)4-3-10(12)8-14/h3-4,7,9H,5-6,8,14H2,1-2H3. The molecule has 1 aromatic rings. The van der Waals surface area contributed by atoms with Gasteiger partial charge in [0.1, 0.15) is 0 Å². The van der Waals surface area contributed by atoms with Crippen LogP contribution in [0.2, 0.25) is 5.02 Å². The summed E-state index contributed by atoms with van der Waals surface area (Å²) < 4.78 is 0. The molecule has 1 nitrogen and oxygen atoms in total. The summed E-state index contributed by atoms with van der Waals surface area (Å²) in [6.07, 6.45) is 1.22. The lowest BCUT2D eigenvalue weighted by atomic mass is 10.2. The molecule has 0 unspecified atom stereocenters. The second kappa shape index (κ2) is 6.41. The Morgan fingerprint density at radius 3 is 2.73 bits per heavy atom. The van der Waals surface area contributed by atoms with Gasteiger partial charge in [0.15, 0.2) is 0 Å². The molecule has 0 atom stereocenters. The van der Waals surface area contributed by atoms with Crippen LogP contribution >= 0.6 is 23.4 Å². The monoisotopic (exact) mass is 243 g/mol. The van der Waals surface area contributed by atoms with Crippen molar-refractivity contribution in [3.8, 4) is 0 Å². The summed E-state index contributed by atoms with van der Waals surface area (Å²) in [5.74, 6) is 1.88. The average Bonchev–Trinajstić information content (AvgIpc) is 2.17. The highest BCUT2D eigenvalue weighted by Gasteiger charge is 2.03. The molecule has 0 aliphatic rings. The van der Waals surface area contributed by atoms with E-state index in [0.717, 1.165) is 16.7 Å². The van der Waals surface area contributed by atoms with Gasteiger partial charge in [-0.05, 0) is 35.8 Å². The smallest absolute Gasteiger partial charge is 0.0417 e. The highest BCUT2D eigenvalue weighted by atomic mass is 35.5. The average molecular weight is 244 g/mol. The van der Waals surface area contributed by atoms with Crippen LogP contribution in [-0.4, -0.2) is 5.75 Å². The Balaban J connectivity index is 2.62. The van der Waals surface area contributed by atoms with Crippen LogP contribution in [0.3, 0.4) is 0 Å². The van der Waals surface area contributed by atoms with Crippen molar-refractivity contribution < 1.29 is 0 Å². The first-order chi connectivity index (χ1) is 7.13. The van der Waals surface area contributed by atoms with Gasteiger partial charge >= 0.3 is 0 Å². The molecule has 0 spiro atoms. The summed E-state index contributed by atoms with van der Waals surface area (Å²) in [6.45, 7) is 5.06. The maximum Gasteiger partial charge on any atom is 0.0417 e. The van der Waals surface area contributed by atoms with E-state index < -0.39 is 0 Å². The molecular weight excluding hydrogens is 226 g/mol. The molecule has 0 radical (unpaired) electrons. The maximum absolute atomic E-state index is 5.96. The Hall–Kier alpha value is -0.180. The number of hydrogen-bond acceptors (Lipinski definition) is 2. The van der Waals surface area contributed by atoms with Gasteiger partial charge in [-0.25, -0.2) is 0 Å². The van der Waals surface area contributed by atoms with Gasteiger partial charge in [-0.3, -0.25) is 0 Å². The normalized spacial score (nSPS) is 11.0. The Morgan fingerprint density at radius 1 is 1.40 bits per heavy atom. The van der Waals surface area contributed by atoms with Crippen molar-refractivity contribution in [1.29, 1.82) is 0 Å². The Labute approximate surface area is 101 Å². The van der Waals surface area contributed by atoms with Gasteiger partial charge in [-0.2, -0.15) is 0 Å². The molecule has 0 heterocycles. The number of halogens is 1. The van der Waals surface area contributed by atoms with E-state index in [9.17, 15) is 0 Å². The van der Waals surface area contributed by atoms with Gasteiger partial charge in [-0.1, -0.05) is 31.5 Å². The molecule has 15 heavy (non-hydrogen) atoms. The molecule has 0 bridgehead atoms. The van der Waals surface area contributed by atoms with Crippen molar-refractivity contribution in [1.82, 2.24) is 0 Å². The zero-order valence-electron chi connectivity index (χ0n) is 9.29. The zero-order chi connectivity index (χ0) is 11.3. The van der Waals surface area contributed by atoms with E-state index in [1.807, 2.05) is 30.0 Å². The highest BCUT2D eigenvalue weighted by molar-refractivity contribution is 7.99. The van der Waals surface area contributed by atoms with Gasteiger partial charge in [0.05, 0.1) is 0 Å². The van der Waals surface area contributed by atoms with E-state index >= 15 is 0 Å². The van der Waals surface area contributed by atoms with Crippen molar-refractivity contribution in [2.75, 3.05) is 5.75 Å². The van der Waals surface area contributed by atoms with Crippen molar-refractivity contribution in [3.63, 3.8) is 0 Å². The predicted molar refractivity (Wildman–Crippen MR) is 69.5 cm³/mol. The summed E-state index contributed by atoms with van der Waals surface area (Å²) in [5.41, 5.74) is 6.86. The third-order valence-electron chi connectivity index (χ3n) is 2.20. The number of thioether (sulfide) groups is 1. The van der Waals surface area contributed by atoms with Gasteiger partial charge in [0.25, 0.3) is 0 Å². The summed E-state index contributed by atoms with van der Waals surface area (Å²) in [5, 5.41) is 0.791. The third kappa shape index (κ3) is 4.45. The molecule has 0 aromatic heterocycles. The molecule has 0 saturated carbocycles. The van der Waals surface area contributed by atoms with Crippen LogP contribution < -0.4 is 5.73 Å². The largest absolute Gasteiger partial charge is 0.326 e. The van der Waals surface area contributed by atoms with Crippen LogP contribution in [0.4, 0.5) is 0 Å².